The van der Waals surface area contributed by atoms with E-state index in [0.29, 0.717) is 4.90 Å². The van der Waals surface area contributed by atoms with Crippen LogP contribution in [-0.4, -0.2) is 27.4 Å². The molecule has 1 atom stereocenters. The fraction of sp³-hybridized carbons (Fsp3) is 0.455. The van der Waals surface area contributed by atoms with Crippen molar-refractivity contribution in [2.45, 2.75) is 24.7 Å². The van der Waals surface area contributed by atoms with Crippen molar-refractivity contribution in [1.29, 1.82) is 0 Å². The number of non-ortho nitro benzene ring substituents is 1. The summed E-state index contributed by atoms with van der Waals surface area (Å²) >= 11 is -1.24. The Labute approximate surface area is 104 Å². The SMILES string of the molecule is CCCCN(C)[S+]([O-])c1ccc([N+](=O)[O-])cc1. The third-order valence-electron chi connectivity index (χ3n) is 2.36. The Hall–Kier alpha value is -1.11. The van der Waals surface area contributed by atoms with Crippen molar-refractivity contribution < 1.29 is 9.48 Å². The summed E-state index contributed by atoms with van der Waals surface area (Å²) in [4.78, 5) is 10.6. The Morgan fingerprint density at radius 2 is 1.94 bits per heavy atom. The summed E-state index contributed by atoms with van der Waals surface area (Å²) in [5.41, 5.74) is 0.0157. The number of nitrogens with zero attached hydrogens (tertiary/aromatic N) is 2. The quantitative estimate of drug-likeness (QED) is 0.445. The van der Waals surface area contributed by atoms with Gasteiger partial charge in [-0.25, -0.2) is 0 Å². The molecule has 5 nitrogen and oxygen atoms in total. The predicted molar refractivity (Wildman–Crippen MR) is 67.0 cm³/mol. The van der Waals surface area contributed by atoms with Crippen molar-refractivity contribution in [3.05, 3.63) is 34.4 Å². The lowest BCUT2D eigenvalue weighted by Crippen LogP contribution is -2.27. The van der Waals surface area contributed by atoms with Crippen LogP contribution in [0.3, 0.4) is 0 Å². The van der Waals surface area contributed by atoms with Gasteiger partial charge in [-0.1, -0.05) is 13.3 Å². The molecule has 0 saturated carbocycles. The number of hydrogen-bond acceptors (Lipinski definition) is 4. The summed E-state index contributed by atoms with van der Waals surface area (Å²) in [6.45, 7) is 2.82. The molecule has 0 bridgehead atoms. The monoisotopic (exact) mass is 256 g/mol. The highest BCUT2D eigenvalue weighted by atomic mass is 32.2. The van der Waals surface area contributed by atoms with Gasteiger partial charge in [-0.2, -0.15) is 0 Å². The molecule has 0 amide bonds. The molecule has 0 fully saturated rings. The van der Waals surface area contributed by atoms with Crippen LogP contribution in [0.2, 0.25) is 0 Å². The fourth-order valence-electron chi connectivity index (χ4n) is 1.33. The Morgan fingerprint density at radius 1 is 1.35 bits per heavy atom. The third kappa shape index (κ3) is 3.99. The first kappa shape index (κ1) is 14.0. The van der Waals surface area contributed by atoms with Crippen LogP contribution in [0.15, 0.2) is 29.2 Å². The minimum absolute atomic E-state index is 0.0157. The van der Waals surface area contributed by atoms with Gasteiger partial charge >= 0.3 is 0 Å². The van der Waals surface area contributed by atoms with Crippen molar-refractivity contribution in [1.82, 2.24) is 4.31 Å². The summed E-state index contributed by atoms with van der Waals surface area (Å²) in [6, 6.07) is 5.83. The topological polar surface area (TPSA) is 69.4 Å². The summed E-state index contributed by atoms with van der Waals surface area (Å²) < 4.78 is 13.7. The molecule has 0 aliphatic rings. The maximum atomic E-state index is 12.0. The number of hydrogen-bond donors (Lipinski definition) is 0. The highest BCUT2D eigenvalue weighted by Gasteiger charge is 2.18. The van der Waals surface area contributed by atoms with Gasteiger partial charge in [-0.05, 0) is 6.42 Å². The summed E-state index contributed by atoms with van der Waals surface area (Å²) in [6.07, 6.45) is 2.02. The molecule has 17 heavy (non-hydrogen) atoms. The van der Waals surface area contributed by atoms with E-state index < -0.39 is 16.3 Å². The minimum atomic E-state index is -1.24. The highest BCUT2D eigenvalue weighted by Crippen LogP contribution is 2.18. The standard InChI is InChI=1S/C11H16N2O3S/c1-3-4-9-12(2)17(16)11-7-5-10(6-8-11)13(14)15/h5-8H,3-4,9H2,1-2H3. The molecule has 0 aliphatic carbocycles. The zero-order chi connectivity index (χ0) is 12.8. The van der Waals surface area contributed by atoms with Gasteiger partial charge in [0.05, 0.1) is 16.3 Å². The van der Waals surface area contributed by atoms with Gasteiger partial charge in [-0.15, -0.1) is 4.31 Å². The molecule has 0 spiro atoms. The van der Waals surface area contributed by atoms with Gasteiger partial charge in [0.25, 0.3) is 5.69 Å². The molecule has 0 aromatic heterocycles. The van der Waals surface area contributed by atoms with Crippen LogP contribution in [0.5, 0.6) is 0 Å². The first-order valence-corrected chi connectivity index (χ1v) is 6.54. The molecule has 6 heteroatoms. The molecule has 94 valence electrons. The van der Waals surface area contributed by atoms with Crippen molar-refractivity contribution >= 4 is 17.0 Å². The largest absolute Gasteiger partial charge is 0.593 e. The first-order valence-electron chi connectivity index (χ1n) is 5.43. The van der Waals surface area contributed by atoms with E-state index in [-0.39, 0.29) is 5.69 Å². The summed E-state index contributed by atoms with van der Waals surface area (Å²) in [5, 5.41) is 10.5. The highest BCUT2D eigenvalue weighted by molar-refractivity contribution is 7.89. The number of unbranched alkanes of at least 4 members (excludes halogenated alkanes) is 1. The Kier molecular flexibility index (Phi) is 5.40. The molecule has 1 rings (SSSR count). The smallest absolute Gasteiger partial charge is 0.269 e. The van der Waals surface area contributed by atoms with Gasteiger partial charge in [0, 0.05) is 37.9 Å². The maximum Gasteiger partial charge on any atom is 0.269 e. The fourth-order valence-corrected chi connectivity index (χ4v) is 2.35. The lowest BCUT2D eigenvalue weighted by atomic mass is 10.3. The van der Waals surface area contributed by atoms with Crippen molar-refractivity contribution in [3.8, 4) is 0 Å². The van der Waals surface area contributed by atoms with E-state index >= 15 is 0 Å². The zero-order valence-corrected chi connectivity index (χ0v) is 10.8. The van der Waals surface area contributed by atoms with Gasteiger partial charge in [0.1, 0.15) is 0 Å². The number of nitro benzene ring substituents is 1. The molecule has 0 aliphatic heterocycles. The normalized spacial score (nSPS) is 12.7. The second-order valence-electron chi connectivity index (χ2n) is 3.71. The van der Waals surface area contributed by atoms with Gasteiger partial charge in [0.2, 0.25) is 0 Å². The van der Waals surface area contributed by atoms with Crippen LogP contribution in [-0.2, 0) is 11.4 Å². The molecule has 0 heterocycles. The second kappa shape index (κ2) is 6.58. The van der Waals surface area contributed by atoms with E-state index in [1.165, 1.54) is 24.3 Å². The third-order valence-corrected chi connectivity index (χ3v) is 3.78. The zero-order valence-electron chi connectivity index (χ0n) is 9.96. The molecule has 0 N–H and O–H groups in total. The Morgan fingerprint density at radius 3 is 2.41 bits per heavy atom. The number of nitro groups is 1. The summed E-state index contributed by atoms with van der Waals surface area (Å²) in [7, 11) is 1.78. The van der Waals surface area contributed by atoms with Crippen molar-refractivity contribution in [3.63, 3.8) is 0 Å². The van der Waals surface area contributed by atoms with Crippen LogP contribution in [0.1, 0.15) is 19.8 Å². The minimum Gasteiger partial charge on any atom is -0.593 e. The van der Waals surface area contributed by atoms with Crippen molar-refractivity contribution in [2.24, 2.45) is 0 Å². The lowest BCUT2D eigenvalue weighted by Gasteiger charge is -2.19. The van der Waals surface area contributed by atoms with Gasteiger partial charge in [0.15, 0.2) is 4.90 Å². The molecule has 1 aromatic carbocycles. The van der Waals surface area contributed by atoms with Crippen LogP contribution >= 0.6 is 0 Å². The average molecular weight is 256 g/mol. The number of rotatable bonds is 6. The van der Waals surface area contributed by atoms with Crippen molar-refractivity contribution in [2.75, 3.05) is 13.6 Å². The van der Waals surface area contributed by atoms with Crippen LogP contribution < -0.4 is 0 Å². The molecule has 1 unspecified atom stereocenters. The van der Waals surface area contributed by atoms with Gasteiger partial charge < -0.3 is 4.55 Å². The molecule has 1 aromatic rings. The second-order valence-corrected chi connectivity index (χ2v) is 5.30. The number of benzene rings is 1. The van der Waals surface area contributed by atoms with Crippen LogP contribution in [0, 0.1) is 10.1 Å². The maximum absolute atomic E-state index is 12.0. The van der Waals surface area contributed by atoms with E-state index in [2.05, 4.69) is 6.92 Å². The van der Waals surface area contributed by atoms with E-state index in [1.807, 2.05) is 0 Å². The molecule has 0 radical (unpaired) electrons. The van der Waals surface area contributed by atoms with E-state index in [9.17, 15) is 14.7 Å². The molecular weight excluding hydrogens is 240 g/mol. The first-order chi connectivity index (χ1) is 8.06. The van der Waals surface area contributed by atoms with E-state index in [0.717, 1.165) is 19.4 Å². The van der Waals surface area contributed by atoms with E-state index in [1.54, 1.807) is 11.4 Å². The molecule has 0 saturated heterocycles. The predicted octanol–water partition coefficient (Wildman–Crippen LogP) is 2.35. The Bertz CT molecular complexity index is 369. The van der Waals surface area contributed by atoms with Crippen LogP contribution in [0.4, 0.5) is 5.69 Å². The average Bonchev–Trinajstić information content (AvgIpc) is 2.35. The molecular formula is C11H16N2O3S. The lowest BCUT2D eigenvalue weighted by molar-refractivity contribution is -0.384. The van der Waals surface area contributed by atoms with Crippen LogP contribution in [0.25, 0.3) is 0 Å². The Balaban J connectivity index is 2.68. The summed E-state index contributed by atoms with van der Waals surface area (Å²) in [5.74, 6) is 0. The van der Waals surface area contributed by atoms with Gasteiger partial charge in [-0.3, -0.25) is 10.1 Å². The van der Waals surface area contributed by atoms with E-state index in [4.69, 9.17) is 0 Å².